The molecule has 1 aromatic heterocycles. The third-order valence-corrected chi connectivity index (χ3v) is 7.83. The van der Waals surface area contributed by atoms with E-state index in [4.69, 9.17) is 9.53 Å². The predicted molar refractivity (Wildman–Crippen MR) is 184 cm³/mol. The summed E-state index contributed by atoms with van der Waals surface area (Å²) in [7, 11) is 3.07. The molecule has 1 fully saturated rings. The topological polar surface area (TPSA) is 154 Å². The predicted octanol–water partition coefficient (Wildman–Crippen LogP) is 3.07. The van der Waals surface area contributed by atoms with Crippen molar-refractivity contribution in [1.29, 1.82) is 0 Å². The van der Waals surface area contributed by atoms with Gasteiger partial charge in [-0.15, -0.1) is 0 Å². The van der Waals surface area contributed by atoms with Gasteiger partial charge in [-0.1, -0.05) is 81.4 Å². The van der Waals surface area contributed by atoms with E-state index in [2.05, 4.69) is 31.1 Å². The number of aromatic nitrogens is 1. The number of amides is 2. The zero-order valence-corrected chi connectivity index (χ0v) is 28.5. The van der Waals surface area contributed by atoms with Crippen molar-refractivity contribution in [3.8, 4) is 11.3 Å². The number of pyridine rings is 1. The first-order chi connectivity index (χ1) is 23.0. The molecule has 1 aliphatic rings. The molecule has 2 aromatic carbocycles. The molecule has 4 unspecified atom stereocenters. The van der Waals surface area contributed by atoms with Crippen LogP contribution in [0.5, 0.6) is 0 Å². The second kappa shape index (κ2) is 19.5. The Balaban J connectivity index is 0.00000148. The Morgan fingerprint density at radius 2 is 1.75 bits per heavy atom. The zero-order valence-electron chi connectivity index (χ0n) is 28.5. The Morgan fingerprint density at radius 3 is 2.31 bits per heavy atom. The fourth-order valence-electron chi connectivity index (χ4n) is 5.43. The molecule has 3 aromatic rings. The molecule has 2 amide bonds. The van der Waals surface area contributed by atoms with Gasteiger partial charge in [0.2, 0.25) is 0 Å². The van der Waals surface area contributed by atoms with Gasteiger partial charge in [0.15, 0.2) is 0 Å². The summed E-state index contributed by atoms with van der Waals surface area (Å²) in [5, 5.41) is 22.5. The highest BCUT2D eigenvalue weighted by Gasteiger charge is 2.32. The molecule has 260 valence electrons. The summed E-state index contributed by atoms with van der Waals surface area (Å²) >= 11 is 0. The van der Waals surface area contributed by atoms with E-state index in [0.717, 1.165) is 35.3 Å². The fourth-order valence-corrected chi connectivity index (χ4v) is 5.43. The van der Waals surface area contributed by atoms with Crippen LogP contribution in [0.1, 0.15) is 38.3 Å². The van der Waals surface area contributed by atoms with Crippen LogP contribution < -0.4 is 21.4 Å². The maximum atomic E-state index is 13.5. The molecule has 0 radical (unpaired) electrons. The van der Waals surface area contributed by atoms with Crippen LogP contribution in [-0.2, 0) is 32.0 Å². The van der Waals surface area contributed by atoms with Crippen molar-refractivity contribution in [1.82, 2.24) is 31.4 Å². The number of nitrogens with zero attached hydrogens (tertiary/aromatic N) is 2. The average Bonchev–Trinajstić information content (AvgIpc) is 3.58. The van der Waals surface area contributed by atoms with Crippen molar-refractivity contribution < 1.29 is 29.0 Å². The monoisotopic (exact) mass is 662 g/mol. The van der Waals surface area contributed by atoms with E-state index < -0.39 is 24.3 Å². The second-order valence-corrected chi connectivity index (χ2v) is 12.7. The highest BCUT2D eigenvalue weighted by molar-refractivity contribution is 5.82. The van der Waals surface area contributed by atoms with Crippen molar-refractivity contribution in [3.05, 3.63) is 90.1 Å². The molecular weight excluding hydrogens is 612 g/mol. The van der Waals surface area contributed by atoms with Gasteiger partial charge in [0.25, 0.3) is 12.4 Å². The highest BCUT2D eigenvalue weighted by atomic mass is 16.6. The lowest BCUT2D eigenvalue weighted by Crippen LogP contribution is -2.58. The van der Waals surface area contributed by atoms with Gasteiger partial charge in [-0.3, -0.25) is 20.0 Å². The normalized spacial score (nSPS) is 16.1. The van der Waals surface area contributed by atoms with Crippen molar-refractivity contribution in [2.75, 3.05) is 33.8 Å². The third-order valence-electron chi connectivity index (χ3n) is 7.83. The Morgan fingerprint density at radius 1 is 1.06 bits per heavy atom. The Labute approximate surface area is 283 Å². The van der Waals surface area contributed by atoms with E-state index in [0.29, 0.717) is 26.0 Å². The van der Waals surface area contributed by atoms with Crippen molar-refractivity contribution >= 4 is 18.5 Å². The lowest BCUT2D eigenvalue weighted by Gasteiger charge is -2.34. The number of aliphatic hydroxyl groups is 1. The molecular formula is C36H50N6O6. The number of carbonyl (C=O) groups excluding carboxylic acids is 3. The van der Waals surface area contributed by atoms with Gasteiger partial charge in [-0.05, 0) is 55.1 Å². The average molecular weight is 663 g/mol. The van der Waals surface area contributed by atoms with Gasteiger partial charge in [-0.2, -0.15) is 0 Å². The second-order valence-electron chi connectivity index (χ2n) is 12.7. The number of carbonyl (C=O) groups is 3. The molecule has 1 saturated heterocycles. The minimum atomic E-state index is -1.03. The Bertz CT molecular complexity index is 1380. The quantitative estimate of drug-likeness (QED) is 0.129. The number of aliphatic hydroxyl groups excluding tert-OH is 1. The van der Waals surface area contributed by atoms with E-state index in [9.17, 15) is 14.7 Å². The van der Waals surface area contributed by atoms with E-state index >= 15 is 0 Å². The first-order valence-corrected chi connectivity index (χ1v) is 16.1. The van der Waals surface area contributed by atoms with Crippen LogP contribution in [0.3, 0.4) is 0 Å². The first kappa shape index (κ1) is 38.1. The van der Waals surface area contributed by atoms with Crippen LogP contribution >= 0.6 is 0 Å². The van der Waals surface area contributed by atoms with E-state index in [1.54, 1.807) is 18.3 Å². The lowest BCUT2D eigenvalue weighted by molar-refractivity contribution is -0.131. The van der Waals surface area contributed by atoms with Crippen molar-refractivity contribution in [3.63, 3.8) is 0 Å². The molecule has 4 atom stereocenters. The molecule has 0 bridgehead atoms. The number of likely N-dealkylation sites (N-methyl/N-ethyl adjacent to an activating group) is 1. The number of alkyl carbamates (subject to hydrolysis) is 1. The molecule has 48 heavy (non-hydrogen) atoms. The number of rotatable bonds is 14. The minimum Gasteiger partial charge on any atom is -0.471 e. The summed E-state index contributed by atoms with van der Waals surface area (Å²) < 4.78 is 9.47. The zero-order chi connectivity index (χ0) is 34.9. The summed E-state index contributed by atoms with van der Waals surface area (Å²) in [6.45, 7) is 8.17. The smallest absolute Gasteiger partial charge is 0.407 e. The molecule has 1 aliphatic heterocycles. The number of methoxy groups -OCH3 is 1. The number of nitrogens with one attached hydrogen (secondary N) is 4. The number of hydrogen-bond acceptors (Lipinski definition) is 10. The Hall–Kier alpha value is -4.36. The number of hydrazine groups is 1. The minimum absolute atomic E-state index is 0.0665. The number of ether oxygens (including phenoxy) is 2. The van der Waals surface area contributed by atoms with Crippen LogP contribution in [0.2, 0.25) is 0 Å². The molecule has 12 nitrogen and oxygen atoms in total. The van der Waals surface area contributed by atoms with E-state index in [-0.39, 0.29) is 24.0 Å². The highest BCUT2D eigenvalue weighted by Crippen LogP contribution is 2.21. The van der Waals surface area contributed by atoms with Gasteiger partial charge in [-0.25, -0.2) is 9.80 Å². The summed E-state index contributed by atoms with van der Waals surface area (Å²) in [5.41, 5.74) is 6.45. The SMILES string of the molecule is CNC(C(=O)NN(Cc1ccc(-c2ccccn2)cc1)CC(O)C(Cc1ccccc1)NC(=O)OC1CCNC1)C(C)(C)C.COC=O. The molecule has 5 N–H and O–H groups in total. The standard InChI is InChI=1S/C34H46N6O4.C2H4O2/c1-34(2,3)31(35-4)32(42)39-40(22-25-13-15-26(16-14-25)28-12-8-9-18-37-28)23-30(41)29(20-24-10-6-5-7-11-24)38-33(43)44-27-17-19-36-21-27;1-4-2-3/h5-16,18,27,29-31,35-36,41H,17,19-23H2,1-4H3,(H,38,43)(H,39,42);2H,1H3. The number of benzene rings is 2. The third kappa shape index (κ3) is 12.7. The Kier molecular flexibility index (Phi) is 15.4. The number of hydrogen-bond donors (Lipinski definition) is 5. The molecule has 12 heteroatoms. The maximum absolute atomic E-state index is 13.5. The molecule has 2 heterocycles. The van der Waals surface area contributed by atoms with E-state index in [1.807, 2.05) is 93.6 Å². The maximum Gasteiger partial charge on any atom is 0.407 e. The summed E-state index contributed by atoms with van der Waals surface area (Å²) in [5.74, 6) is -0.210. The first-order valence-electron chi connectivity index (χ1n) is 16.1. The lowest BCUT2D eigenvalue weighted by atomic mass is 9.86. The van der Waals surface area contributed by atoms with Crippen molar-refractivity contribution in [2.24, 2.45) is 5.41 Å². The molecule has 0 saturated carbocycles. The largest absolute Gasteiger partial charge is 0.471 e. The summed E-state index contributed by atoms with van der Waals surface area (Å²) in [6.07, 6.45) is 1.10. The molecule has 0 aliphatic carbocycles. The van der Waals surface area contributed by atoms with E-state index in [1.165, 1.54) is 7.11 Å². The molecule has 4 rings (SSSR count). The van der Waals surface area contributed by atoms with Crippen molar-refractivity contribution in [2.45, 2.75) is 64.4 Å². The van der Waals surface area contributed by atoms with Crippen LogP contribution in [0.25, 0.3) is 11.3 Å². The van der Waals surface area contributed by atoms with Gasteiger partial charge in [0, 0.05) is 31.4 Å². The summed E-state index contributed by atoms with van der Waals surface area (Å²) in [4.78, 5) is 39.7. The summed E-state index contributed by atoms with van der Waals surface area (Å²) in [6, 6.07) is 22.3. The van der Waals surface area contributed by atoms with Crippen LogP contribution in [0.4, 0.5) is 4.79 Å². The fraction of sp³-hybridized carbons (Fsp3) is 0.444. The van der Waals surface area contributed by atoms with Gasteiger partial charge >= 0.3 is 6.09 Å². The van der Waals surface area contributed by atoms with Crippen LogP contribution in [-0.4, -0.2) is 91.7 Å². The van der Waals surface area contributed by atoms with Crippen LogP contribution in [0, 0.1) is 5.41 Å². The van der Waals surface area contributed by atoms with Gasteiger partial charge in [0.05, 0.1) is 31.0 Å². The van der Waals surface area contributed by atoms with Crippen LogP contribution in [0.15, 0.2) is 79.0 Å². The molecule has 0 spiro atoms. The van der Waals surface area contributed by atoms with Gasteiger partial charge < -0.3 is 30.5 Å². The van der Waals surface area contributed by atoms with Gasteiger partial charge in [0.1, 0.15) is 6.10 Å².